The van der Waals surface area contributed by atoms with Gasteiger partial charge in [0, 0.05) is 19.3 Å². The average molecular weight is 391 g/mol. The summed E-state index contributed by atoms with van der Waals surface area (Å²) in [4.78, 5) is 23.1. The summed E-state index contributed by atoms with van der Waals surface area (Å²) in [6, 6.07) is 0. The highest BCUT2D eigenvalue weighted by Crippen LogP contribution is 2.68. The van der Waals surface area contributed by atoms with Crippen LogP contribution in [0.5, 0.6) is 0 Å². The van der Waals surface area contributed by atoms with E-state index in [2.05, 4.69) is 20.8 Å². The van der Waals surface area contributed by atoms with Crippen LogP contribution in [-0.2, 0) is 9.59 Å². The molecule has 0 saturated heterocycles. The second kappa shape index (κ2) is 7.11. The Kier molecular flexibility index (Phi) is 5.17. The van der Waals surface area contributed by atoms with Crippen LogP contribution < -0.4 is 0 Å². The first kappa shape index (κ1) is 20.4. The van der Waals surface area contributed by atoms with Crippen LogP contribution in [0.4, 0.5) is 0 Å². The number of carbonyl (C=O) groups is 2. The highest BCUT2D eigenvalue weighted by molar-refractivity contribution is 5.79. The molecule has 9 atom stereocenters. The topological polar surface area (TPSA) is 74.6 Å². The summed E-state index contributed by atoms with van der Waals surface area (Å²) in [5.41, 5.74) is 0.444. The highest BCUT2D eigenvalue weighted by Gasteiger charge is 2.62. The number of ketones is 1. The predicted molar refractivity (Wildman–Crippen MR) is 108 cm³/mol. The Labute approximate surface area is 169 Å². The molecular weight excluding hydrogens is 352 g/mol. The van der Waals surface area contributed by atoms with Gasteiger partial charge in [0.1, 0.15) is 5.78 Å². The minimum Gasteiger partial charge on any atom is -0.481 e. The van der Waals surface area contributed by atoms with Gasteiger partial charge in [-0.25, -0.2) is 0 Å². The smallest absolute Gasteiger partial charge is 0.303 e. The maximum atomic E-state index is 12.1. The van der Waals surface area contributed by atoms with E-state index in [1.807, 2.05) is 0 Å². The molecule has 0 aromatic heterocycles. The van der Waals surface area contributed by atoms with E-state index in [0.717, 1.165) is 32.1 Å². The number of carbonyl (C=O) groups excluding carboxylic acids is 1. The third-order valence-corrected chi connectivity index (χ3v) is 10.1. The Bertz CT molecular complexity index is 645. The molecule has 4 rings (SSSR count). The Hall–Kier alpha value is -0.900. The Morgan fingerprint density at radius 1 is 1.14 bits per heavy atom. The Morgan fingerprint density at radius 3 is 2.57 bits per heavy atom. The zero-order valence-corrected chi connectivity index (χ0v) is 17.8. The normalized spacial score (nSPS) is 49.1. The molecule has 0 heterocycles. The van der Waals surface area contributed by atoms with Gasteiger partial charge < -0.3 is 10.2 Å². The molecule has 0 aromatic carbocycles. The van der Waals surface area contributed by atoms with Gasteiger partial charge in [0.15, 0.2) is 0 Å². The number of Topliss-reactive ketones (excluding diaryl/α,β-unsaturated/α-hetero) is 1. The predicted octanol–water partition coefficient (Wildman–Crippen LogP) is 4.69. The van der Waals surface area contributed by atoms with Crippen molar-refractivity contribution in [3.8, 4) is 0 Å². The molecule has 0 aliphatic heterocycles. The van der Waals surface area contributed by atoms with Crippen molar-refractivity contribution in [2.45, 2.75) is 91.1 Å². The van der Waals surface area contributed by atoms with Crippen molar-refractivity contribution < 1.29 is 19.8 Å². The van der Waals surface area contributed by atoms with Gasteiger partial charge in [-0.3, -0.25) is 9.59 Å². The van der Waals surface area contributed by atoms with Crippen LogP contribution in [0.25, 0.3) is 0 Å². The Morgan fingerprint density at radius 2 is 1.86 bits per heavy atom. The number of carboxylic acid groups (broad SMARTS) is 1. The van der Waals surface area contributed by atoms with E-state index in [1.165, 1.54) is 19.3 Å². The molecule has 4 nitrogen and oxygen atoms in total. The molecule has 4 fully saturated rings. The summed E-state index contributed by atoms with van der Waals surface area (Å²) < 4.78 is 0. The molecule has 0 spiro atoms. The van der Waals surface area contributed by atoms with Gasteiger partial charge in [-0.15, -0.1) is 0 Å². The number of aliphatic hydroxyl groups is 1. The summed E-state index contributed by atoms with van der Waals surface area (Å²) in [6.07, 6.45) is 8.68. The van der Waals surface area contributed by atoms with Gasteiger partial charge in [0.2, 0.25) is 0 Å². The molecule has 4 heteroatoms. The number of hydrogen-bond donors (Lipinski definition) is 2. The second-order valence-electron chi connectivity index (χ2n) is 11.2. The molecule has 1 unspecified atom stereocenters. The standard InChI is InChI=1S/C24H38O4/c1-14(4-7-21(27)28)17-5-6-18-22-19(9-11-24(17,18)3)23(2)10-8-16(25)12-15(23)13-20(22)26/h14-15,17-20,22,26H,4-13H2,1-3H3,(H,27,28)/t14?,15-,17+,18-,19-,20+,22-,23-,24+/m0/s1. The van der Waals surface area contributed by atoms with Crippen LogP contribution in [0.2, 0.25) is 0 Å². The number of aliphatic hydroxyl groups excluding tert-OH is 1. The van der Waals surface area contributed by atoms with Crippen molar-refractivity contribution in [3.05, 3.63) is 0 Å². The molecule has 0 radical (unpaired) electrons. The monoisotopic (exact) mass is 390 g/mol. The fourth-order valence-corrected chi connectivity index (χ4v) is 8.54. The molecule has 158 valence electrons. The molecule has 0 aromatic rings. The van der Waals surface area contributed by atoms with Gasteiger partial charge in [0.25, 0.3) is 0 Å². The van der Waals surface area contributed by atoms with E-state index >= 15 is 0 Å². The number of fused-ring (bicyclic) bond motifs is 5. The van der Waals surface area contributed by atoms with Crippen molar-refractivity contribution in [2.75, 3.05) is 0 Å². The molecule has 4 saturated carbocycles. The lowest BCUT2D eigenvalue weighted by atomic mass is 9.44. The van der Waals surface area contributed by atoms with Gasteiger partial charge in [-0.1, -0.05) is 20.8 Å². The largest absolute Gasteiger partial charge is 0.481 e. The fourth-order valence-electron chi connectivity index (χ4n) is 8.54. The van der Waals surface area contributed by atoms with Gasteiger partial charge in [-0.05, 0) is 91.3 Å². The van der Waals surface area contributed by atoms with Crippen LogP contribution >= 0.6 is 0 Å². The third kappa shape index (κ3) is 3.05. The second-order valence-corrected chi connectivity index (χ2v) is 11.2. The number of hydrogen-bond acceptors (Lipinski definition) is 3. The molecule has 4 aliphatic rings. The van der Waals surface area contributed by atoms with Crippen LogP contribution in [0.15, 0.2) is 0 Å². The van der Waals surface area contributed by atoms with Crippen molar-refractivity contribution >= 4 is 11.8 Å². The number of rotatable bonds is 4. The summed E-state index contributed by atoms with van der Waals surface area (Å²) in [5.74, 6) is 2.52. The SMILES string of the molecule is CC(CCC(=O)O)[C@H]1CC[C@H]2[C@@H]3[C@H](O)C[C@@H]4CC(=O)CC[C@]4(C)[C@H]3CC[C@]12C. The number of carboxylic acids is 1. The van der Waals surface area contributed by atoms with E-state index in [0.29, 0.717) is 47.7 Å². The molecule has 0 bridgehead atoms. The van der Waals surface area contributed by atoms with Crippen LogP contribution in [-0.4, -0.2) is 28.1 Å². The maximum Gasteiger partial charge on any atom is 0.303 e. The van der Waals surface area contributed by atoms with Crippen molar-refractivity contribution in [1.29, 1.82) is 0 Å². The molecule has 0 amide bonds. The first-order valence-corrected chi connectivity index (χ1v) is 11.6. The van der Waals surface area contributed by atoms with Gasteiger partial charge >= 0.3 is 5.97 Å². The van der Waals surface area contributed by atoms with Crippen molar-refractivity contribution in [1.82, 2.24) is 0 Å². The lowest BCUT2D eigenvalue weighted by molar-refractivity contribution is -0.169. The van der Waals surface area contributed by atoms with Gasteiger partial charge in [-0.2, -0.15) is 0 Å². The van der Waals surface area contributed by atoms with Gasteiger partial charge in [0.05, 0.1) is 6.10 Å². The van der Waals surface area contributed by atoms with E-state index in [1.54, 1.807) is 0 Å². The first-order valence-electron chi connectivity index (χ1n) is 11.6. The molecule has 4 aliphatic carbocycles. The summed E-state index contributed by atoms with van der Waals surface area (Å²) >= 11 is 0. The third-order valence-electron chi connectivity index (χ3n) is 10.1. The zero-order chi connectivity index (χ0) is 20.3. The number of aliphatic carboxylic acids is 1. The first-order chi connectivity index (χ1) is 13.2. The van der Waals surface area contributed by atoms with Crippen molar-refractivity contribution in [2.24, 2.45) is 46.3 Å². The molecule has 2 N–H and O–H groups in total. The van der Waals surface area contributed by atoms with Crippen LogP contribution in [0.1, 0.15) is 85.0 Å². The van der Waals surface area contributed by atoms with E-state index in [4.69, 9.17) is 5.11 Å². The zero-order valence-electron chi connectivity index (χ0n) is 17.8. The minimum absolute atomic E-state index is 0.214. The Balaban J connectivity index is 1.56. The van der Waals surface area contributed by atoms with E-state index < -0.39 is 5.97 Å². The highest BCUT2D eigenvalue weighted by atomic mass is 16.4. The average Bonchev–Trinajstić information content (AvgIpc) is 2.98. The summed E-state index contributed by atoms with van der Waals surface area (Å²) in [6.45, 7) is 7.10. The lowest BCUT2D eigenvalue weighted by Gasteiger charge is -2.62. The van der Waals surface area contributed by atoms with E-state index in [9.17, 15) is 14.7 Å². The fraction of sp³-hybridized carbons (Fsp3) is 0.917. The minimum atomic E-state index is -0.691. The maximum absolute atomic E-state index is 12.1. The van der Waals surface area contributed by atoms with E-state index in [-0.39, 0.29) is 23.4 Å². The summed E-state index contributed by atoms with van der Waals surface area (Å²) in [5, 5.41) is 20.3. The van der Waals surface area contributed by atoms with Crippen molar-refractivity contribution in [3.63, 3.8) is 0 Å². The van der Waals surface area contributed by atoms with Crippen LogP contribution in [0, 0.1) is 46.3 Å². The molecular formula is C24H38O4. The summed E-state index contributed by atoms with van der Waals surface area (Å²) in [7, 11) is 0. The quantitative estimate of drug-likeness (QED) is 0.730. The lowest BCUT2D eigenvalue weighted by Crippen LogP contribution is -2.58. The molecule has 28 heavy (non-hydrogen) atoms. The van der Waals surface area contributed by atoms with Crippen LogP contribution in [0.3, 0.4) is 0 Å².